The molecule has 1 aliphatic rings. The van der Waals surface area contributed by atoms with E-state index in [1.165, 1.54) is 135 Å². The summed E-state index contributed by atoms with van der Waals surface area (Å²) in [6.45, 7) is 3.27. The highest BCUT2D eigenvalue weighted by Crippen LogP contribution is 2.47. The molecule has 6 unspecified atom stereocenters. The second-order valence-electron chi connectivity index (χ2n) is 18.4. The van der Waals surface area contributed by atoms with E-state index in [1.54, 1.807) is 0 Å². The summed E-state index contributed by atoms with van der Waals surface area (Å²) in [6.07, 6.45) is 38.8. The Morgan fingerprint density at radius 1 is 0.463 bits per heavy atom. The van der Waals surface area contributed by atoms with E-state index in [4.69, 9.17) is 18.5 Å². The molecule has 0 aliphatic heterocycles. The van der Waals surface area contributed by atoms with Crippen LogP contribution in [-0.4, -0.2) is 98.3 Å². The molecule has 13 nitrogen and oxygen atoms in total. The number of rotatable bonds is 44. The third kappa shape index (κ3) is 34.7. The maximum Gasteiger partial charge on any atom is 0.472 e. The Labute approximate surface area is 405 Å². The lowest BCUT2D eigenvalue weighted by molar-refractivity contribution is -0.220. The summed E-state index contributed by atoms with van der Waals surface area (Å²) in [5.41, 5.74) is 0. The van der Waals surface area contributed by atoms with Crippen LogP contribution >= 0.6 is 7.82 Å². The van der Waals surface area contributed by atoms with Gasteiger partial charge >= 0.3 is 19.8 Å². The van der Waals surface area contributed by atoms with Crippen molar-refractivity contribution in [2.75, 3.05) is 13.2 Å². The van der Waals surface area contributed by atoms with Crippen LogP contribution in [0.1, 0.15) is 219 Å². The molecule has 0 bridgehead atoms. The highest BCUT2D eigenvalue weighted by atomic mass is 31.2. The first-order chi connectivity index (χ1) is 32.4. The number of hydrogen-bond acceptors (Lipinski definition) is 12. The van der Waals surface area contributed by atoms with Gasteiger partial charge in [0.15, 0.2) is 6.10 Å². The molecule has 8 atom stereocenters. The average molecular weight is 971 g/mol. The van der Waals surface area contributed by atoms with Crippen LogP contribution in [0.5, 0.6) is 0 Å². The maximum atomic E-state index is 12.8. The Morgan fingerprint density at radius 2 is 0.821 bits per heavy atom. The number of unbranched alkanes of at least 4 members (excludes halogenated alkanes) is 24. The molecule has 1 saturated carbocycles. The molecule has 0 aromatic heterocycles. The molecule has 0 amide bonds. The van der Waals surface area contributed by atoms with Crippen molar-refractivity contribution in [1.29, 1.82) is 0 Å². The van der Waals surface area contributed by atoms with Crippen LogP contribution in [0.15, 0.2) is 48.6 Å². The van der Waals surface area contributed by atoms with Crippen LogP contribution in [0.4, 0.5) is 0 Å². The highest BCUT2D eigenvalue weighted by molar-refractivity contribution is 7.47. The molecule has 67 heavy (non-hydrogen) atoms. The molecule has 0 radical (unpaired) electrons. The van der Waals surface area contributed by atoms with Gasteiger partial charge in [-0.2, -0.15) is 0 Å². The van der Waals surface area contributed by atoms with Gasteiger partial charge in [-0.25, -0.2) is 4.57 Å². The fourth-order valence-electron chi connectivity index (χ4n) is 7.89. The predicted molar refractivity (Wildman–Crippen MR) is 267 cm³/mol. The van der Waals surface area contributed by atoms with Gasteiger partial charge in [-0.1, -0.05) is 184 Å². The number of aliphatic hydroxyl groups is 5. The zero-order valence-electron chi connectivity index (χ0n) is 41.7. The number of aliphatic hydroxyl groups excluding tert-OH is 5. The van der Waals surface area contributed by atoms with Gasteiger partial charge < -0.3 is 39.9 Å². The van der Waals surface area contributed by atoms with Crippen molar-refractivity contribution in [3.8, 4) is 0 Å². The Hall–Kier alpha value is -2.19. The maximum absolute atomic E-state index is 12.8. The smallest absolute Gasteiger partial charge is 0.462 e. The zero-order valence-corrected chi connectivity index (χ0v) is 42.6. The number of allylic oxidation sites excluding steroid dienone is 8. The minimum atomic E-state index is -5.14. The molecule has 0 heterocycles. The first-order valence-corrected chi connectivity index (χ1v) is 27.9. The molecule has 1 aliphatic carbocycles. The number of phosphoric ester groups is 1. The second kappa shape index (κ2) is 42.7. The summed E-state index contributed by atoms with van der Waals surface area (Å²) in [6, 6.07) is 0. The minimum Gasteiger partial charge on any atom is -0.462 e. The number of hydrogen-bond donors (Lipinski definition) is 6. The molecule has 0 aromatic carbocycles. The van der Waals surface area contributed by atoms with E-state index >= 15 is 0 Å². The molecule has 1 rings (SSSR count). The molecule has 0 spiro atoms. The second-order valence-corrected chi connectivity index (χ2v) is 19.8. The number of carbonyl (C=O) groups excluding carboxylic acids is 2. The summed E-state index contributed by atoms with van der Waals surface area (Å²) < 4.78 is 33.6. The highest BCUT2D eigenvalue weighted by Gasteiger charge is 2.51. The quantitative estimate of drug-likeness (QED) is 0.0145. The fourth-order valence-corrected chi connectivity index (χ4v) is 8.86. The van der Waals surface area contributed by atoms with Gasteiger partial charge in [0.25, 0.3) is 0 Å². The van der Waals surface area contributed by atoms with Crippen LogP contribution in [0.3, 0.4) is 0 Å². The number of esters is 2. The monoisotopic (exact) mass is 971 g/mol. The molecule has 6 N–H and O–H groups in total. The average Bonchev–Trinajstić information content (AvgIpc) is 3.31. The molecule has 14 heteroatoms. The van der Waals surface area contributed by atoms with Crippen molar-refractivity contribution in [2.45, 2.75) is 262 Å². The van der Waals surface area contributed by atoms with Gasteiger partial charge in [-0.05, 0) is 70.6 Å². The fraction of sp³-hybridized carbons (Fsp3) is 0.811. The number of phosphoric acid groups is 1. The van der Waals surface area contributed by atoms with Crippen molar-refractivity contribution in [2.24, 2.45) is 0 Å². The van der Waals surface area contributed by atoms with Crippen molar-refractivity contribution in [3.63, 3.8) is 0 Å². The summed E-state index contributed by atoms with van der Waals surface area (Å²) in [5.74, 6) is -1.16. The molecular weight excluding hydrogens is 876 g/mol. The topological polar surface area (TPSA) is 210 Å². The first kappa shape index (κ1) is 62.8. The van der Waals surface area contributed by atoms with Gasteiger partial charge in [0, 0.05) is 12.8 Å². The van der Waals surface area contributed by atoms with Crippen LogP contribution < -0.4 is 0 Å². The molecular formula is C53H95O13P. The first-order valence-electron chi connectivity index (χ1n) is 26.4. The standard InChI is InChI=1S/C53H95O13P/c1-3-5-7-9-11-13-15-17-19-21-22-23-24-26-27-29-31-33-35-37-39-41-46(54)63-43-45(44-64-67(61,62)66-53-51(59)49(57)48(56)50(58)52(53)60)65-47(55)42-40-38-36-34-32-30-28-25-20-18-16-14-12-10-8-6-4-2/h17-20,28,30,34,36,45,48-53,56-60H,3-16,21-27,29,31-33,35,37-44H2,1-2H3,(H,61,62)/b19-17+,20-18+,30-28+,36-34+/t45-,48?,49-,50?,51?,52?,53?/m0/s1. The van der Waals surface area contributed by atoms with E-state index in [9.17, 15) is 44.6 Å². The largest absolute Gasteiger partial charge is 0.472 e. The van der Waals surface area contributed by atoms with E-state index in [-0.39, 0.29) is 12.8 Å². The molecule has 1 fully saturated rings. The zero-order chi connectivity index (χ0) is 49.2. The van der Waals surface area contributed by atoms with E-state index in [0.717, 1.165) is 38.5 Å². The van der Waals surface area contributed by atoms with E-state index in [0.29, 0.717) is 19.3 Å². The van der Waals surface area contributed by atoms with Crippen molar-refractivity contribution in [3.05, 3.63) is 48.6 Å². The summed E-state index contributed by atoms with van der Waals surface area (Å²) >= 11 is 0. The van der Waals surface area contributed by atoms with Crippen LogP contribution in [0.2, 0.25) is 0 Å². The Balaban J connectivity index is 2.41. The third-order valence-corrected chi connectivity index (χ3v) is 13.1. The van der Waals surface area contributed by atoms with Crippen molar-refractivity contribution >= 4 is 19.8 Å². The Bertz CT molecular complexity index is 1350. The third-order valence-electron chi connectivity index (χ3n) is 12.1. The van der Waals surface area contributed by atoms with E-state index < -0.39 is 75.7 Å². The van der Waals surface area contributed by atoms with E-state index in [1.807, 2.05) is 12.2 Å². The van der Waals surface area contributed by atoms with Gasteiger partial charge in [-0.3, -0.25) is 18.6 Å². The van der Waals surface area contributed by atoms with Gasteiger partial charge in [0.05, 0.1) is 6.61 Å². The summed E-state index contributed by atoms with van der Waals surface area (Å²) in [7, 11) is -5.14. The lowest BCUT2D eigenvalue weighted by atomic mass is 9.85. The van der Waals surface area contributed by atoms with Gasteiger partial charge in [0.1, 0.15) is 43.2 Å². The lowest BCUT2D eigenvalue weighted by Gasteiger charge is -2.41. The van der Waals surface area contributed by atoms with Crippen LogP contribution in [0, 0.1) is 0 Å². The van der Waals surface area contributed by atoms with Crippen LogP contribution in [0.25, 0.3) is 0 Å². The predicted octanol–water partition coefficient (Wildman–Crippen LogP) is 11.5. The summed E-state index contributed by atoms with van der Waals surface area (Å²) in [5, 5.41) is 50.3. The summed E-state index contributed by atoms with van der Waals surface area (Å²) in [4.78, 5) is 35.8. The van der Waals surface area contributed by atoms with Crippen molar-refractivity contribution < 1.29 is 63.1 Å². The van der Waals surface area contributed by atoms with Crippen LogP contribution in [-0.2, 0) is 32.7 Å². The molecule has 0 aromatic rings. The normalized spacial score (nSPS) is 21.5. The lowest BCUT2D eigenvalue weighted by Crippen LogP contribution is -2.64. The van der Waals surface area contributed by atoms with Gasteiger partial charge in [-0.15, -0.1) is 0 Å². The van der Waals surface area contributed by atoms with Crippen molar-refractivity contribution in [1.82, 2.24) is 0 Å². The molecule has 390 valence electrons. The Kier molecular flexibility index (Phi) is 40.0. The molecule has 0 saturated heterocycles. The number of carbonyl (C=O) groups is 2. The number of ether oxygens (including phenoxy) is 2. The Morgan fingerprint density at radius 3 is 1.28 bits per heavy atom. The minimum absolute atomic E-state index is 0.0249. The van der Waals surface area contributed by atoms with E-state index in [2.05, 4.69) is 50.3 Å². The van der Waals surface area contributed by atoms with Gasteiger partial charge in [0.2, 0.25) is 0 Å². The SMILES string of the molecule is CCCCCCCC/C=C/C/C=C/C/C=C/CCCC(=O)O[C@@H](COC(=O)CCCCCCCCCCCCC/C=C/CCCCCCCC)COP(=O)(O)OC1C(O)C(O)C(O)[C@H](O)C1O.